The van der Waals surface area contributed by atoms with Gasteiger partial charge in [-0.2, -0.15) is 0 Å². The average molecular weight is 513 g/mol. The maximum absolute atomic E-state index is 6.16. The molecule has 0 atom stereocenters. The van der Waals surface area contributed by atoms with Crippen molar-refractivity contribution < 1.29 is 0 Å². The number of benzene rings is 7. The highest BCUT2D eigenvalue weighted by atomic mass is 14.9. The molecule has 0 aliphatic heterocycles. The lowest BCUT2D eigenvalue weighted by Crippen LogP contribution is -1.96. The molecule has 7 aromatic carbocycles. The lowest BCUT2D eigenvalue weighted by molar-refractivity contribution is 1.54. The zero-order valence-corrected chi connectivity index (χ0v) is 22.0. The molecule has 3 N–H and O–H groups in total. The van der Waals surface area contributed by atoms with Crippen LogP contribution < -0.4 is 11.1 Å². The van der Waals surface area contributed by atoms with Gasteiger partial charge in [0.2, 0.25) is 0 Å². The van der Waals surface area contributed by atoms with Gasteiger partial charge in [0.15, 0.2) is 0 Å². The largest absolute Gasteiger partial charge is 0.397 e. The molecule has 0 radical (unpaired) electrons. The molecule has 40 heavy (non-hydrogen) atoms. The number of nitrogen functional groups attached to an aromatic ring is 1. The highest BCUT2D eigenvalue weighted by molar-refractivity contribution is 6.22. The third kappa shape index (κ3) is 4.16. The fourth-order valence-electron chi connectivity index (χ4n) is 5.79. The minimum Gasteiger partial charge on any atom is -0.397 e. The molecule has 0 bridgehead atoms. The smallest absolute Gasteiger partial charge is 0.0617 e. The molecule has 7 rings (SSSR count). The second-order valence-electron chi connectivity index (χ2n) is 10.0. The Labute approximate surface area is 234 Å². The SMILES string of the molecule is Nc1ccccc1Nc1ccc(-c2c3ccccc3c(-c3ccccc3-c3ccccc3)c3ccccc23)cc1. The highest BCUT2D eigenvalue weighted by Gasteiger charge is 2.18. The molecule has 190 valence electrons. The van der Waals surface area contributed by atoms with Crippen LogP contribution in [0.25, 0.3) is 54.9 Å². The molecule has 0 saturated carbocycles. The van der Waals surface area contributed by atoms with E-state index in [9.17, 15) is 0 Å². The molecule has 2 heteroatoms. The summed E-state index contributed by atoms with van der Waals surface area (Å²) in [5.41, 5.74) is 16.2. The second-order valence-corrected chi connectivity index (χ2v) is 10.0. The maximum atomic E-state index is 6.16. The minimum absolute atomic E-state index is 0.731. The Morgan fingerprint density at radius 1 is 0.375 bits per heavy atom. The van der Waals surface area contributed by atoms with E-state index in [1.165, 1.54) is 54.9 Å². The van der Waals surface area contributed by atoms with E-state index in [1.54, 1.807) is 0 Å². The van der Waals surface area contributed by atoms with Crippen molar-refractivity contribution in [2.24, 2.45) is 0 Å². The van der Waals surface area contributed by atoms with E-state index in [0.717, 1.165) is 17.1 Å². The summed E-state index contributed by atoms with van der Waals surface area (Å²) in [5, 5.41) is 8.44. The summed E-state index contributed by atoms with van der Waals surface area (Å²) in [6.45, 7) is 0. The van der Waals surface area contributed by atoms with Gasteiger partial charge in [0.05, 0.1) is 11.4 Å². The van der Waals surface area contributed by atoms with Crippen molar-refractivity contribution in [3.05, 3.63) is 152 Å². The Morgan fingerprint density at radius 3 is 1.50 bits per heavy atom. The van der Waals surface area contributed by atoms with E-state index in [1.807, 2.05) is 24.3 Å². The first-order valence-corrected chi connectivity index (χ1v) is 13.6. The number of nitrogens with two attached hydrogens (primary N) is 1. The van der Waals surface area contributed by atoms with Crippen LogP contribution in [0.3, 0.4) is 0 Å². The van der Waals surface area contributed by atoms with Crippen molar-refractivity contribution in [2.75, 3.05) is 11.1 Å². The zero-order valence-electron chi connectivity index (χ0n) is 22.0. The fourth-order valence-corrected chi connectivity index (χ4v) is 5.79. The molecule has 0 saturated heterocycles. The predicted octanol–water partition coefficient (Wildman–Crippen LogP) is 10.3. The summed E-state index contributed by atoms with van der Waals surface area (Å²) < 4.78 is 0. The average Bonchev–Trinajstić information content (AvgIpc) is 3.02. The quantitative estimate of drug-likeness (QED) is 0.178. The standard InChI is InChI=1S/C38H28N2/c39-35-20-10-11-21-36(35)40-28-24-22-27(23-25-28)37-31-16-6-8-18-33(31)38(34-19-9-7-17-32(34)37)30-15-5-4-14-29(30)26-12-2-1-3-13-26/h1-25,40H,39H2. The van der Waals surface area contributed by atoms with E-state index in [0.29, 0.717) is 0 Å². The summed E-state index contributed by atoms with van der Waals surface area (Å²) in [5.74, 6) is 0. The molecular formula is C38H28N2. The van der Waals surface area contributed by atoms with Crippen LogP contribution in [0.5, 0.6) is 0 Å². The fraction of sp³-hybridized carbons (Fsp3) is 0. The Hall–Kier alpha value is -5.34. The molecule has 2 nitrogen and oxygen atoms in total. The molecule has 0 spiro atoms. The molecule has 0 amide bonds. The molecule has 0 aliphatic rings. The number of hydrogen-bond donors (Lipinski definition) is 2. The van der Waals surface area contributed by atoms with Crippen LogP contribution in [0.1, 0.15) is 0 Å². The maximum Gasteiger partial charge on any atom is 0.0617 e. The van der Waals surface area contributed by atoms with Crippen molar-refractivity contribution in [1.82, 2.24) is 0 Å². The number of anilines is 3. The van der Waals surface area contributed by atoms with E-state index < -0.39 is 0 Å². The van der Waals surface area contributed by atoms with Gasteiger partial charge in [-0.3, -0.25) is 0 Å². The van der Waals surface area contributed by atoms with Crippen molar-refractivity contribution in [3.63, 3.8) is 0 Å². The van der Waals surface area contributed by atoms with Gasteiger partial charge in [0, 0.05) is 5.69 Å². The Morgan fingerprint density at radius 2 is 0.875 bits per heavy atom. The Kier molecular flexibility index (Phi) is 5.99. The highest BCUT2D eigenvalue weighted by Crippen LogP contribution is 2.46. The second kappa shape index (κ2) is 10.1. The van der Waals surface area contributed by atoms with E-state index in [4.69, 9.17) is 5.73 Å². The van der Waals surface area contributed by atoms with Crippen LogP contribution in [0.2, 0.25) is 0 Å². The Bertz CT molecular complexity index is 1920. The minimum atomic E-state index is 0.731. The van der Waals surface area contributed by atoms with Crippen molar-refractivity contribution in [1.29, 1.82) is 0 Å². The topological polar surface area (TPSA) is 38.0 Å². The van der Waals surface area contributed by atoms with Gasteiger partial charge in [-0.15, -0.1) is 0 Å². The lowest BCUT2D eigenvalue weighted by Gasteiger charge is -2.20. The van der Waals surface area contributed by atoms with E-state index in [-0.39, 0.29) is 0 Å². The normalized spacial score (nSPS) is 11.1. The molecule has 7 aromatic rings. The summed E-state index contributed by atoms with van der Waals surface area (Å²) >= 11 is 0. The van der Waals surface area contributed by atoms with Crippen molar-refractivity contribution in [3.8, 4) is 33.4 Å². The first-order chi connectivity index (χ1) is 19.8. The van der Waals surface area contributed by atoms with Gasteiger partial charge >= 0.3 is 0 Å². The monoisotopic (exact) mass is 512 g/mol. The van der Waals surface area contributed by atoms with Crippen LogP contribution in [0.15, 0.2) is 152 Å². The van der Waals surface area contributed by atoms with Crippen LogP contribution >= 0.6 is 0 Å². The van der Waals surface area contributed by atoms with Crippen molar-refractivity contribution >= 4 is 38.6 Å². The van der Waals surface area contributed by atoms with Crippen LogP contribution in [0, 0.1) is 0 Å². The van der Waals surface area contributed by atoms with Gasteiger partial charge in [0.1, 0.15) is 0 Å². The van der Waals surface area contributed by atoms with Crippen molar-refractivity contribution in [2.45, 2.75) is 0 Å². The van der Waals surface area contributed by atoms with E-state index in [2.05, 4.69) is 133 Å². The van der Waals surface area contributed by atoms with Gasteiger partial charge in [-0.1, -0.05) is 127 Å². The summed E-state index contributed by atoms with van der Waals surface area (Å²) in [6.07, 6.45) is 0. The molecule has 0 heterocycles. The number of para-hydroxylation sites is 2. The third-order valence-electron chi connectivity index (χ3n) is 7.63. The molecular weight excluding hydrogens is 484 g/mol. The first kappa shape index (κ1) is 23.8. The Balaban J connectivity index is 1.44. The van der Waals surface area contributed by atoms with Gasteiger partial charge < -0.3 is 11.1 Å². The summed E-state index contributed by atoms with van der Waals surface area (Å²) in [4.78, 5) is 0. The number of fused-ring (bicyclic) bond motifs is 2. The lowest BCUT2D eigenvalue weighted by atomic mass is 9.84. The molecule has 0 aromatic heterocycles. The number of hydrogen-bond acceptors (Lipinski definition) is 2. The first-order valence-electron chi connectivity index (χ1n) is 13.6. The number of nitrogens with one attached hydrogen (secondary N) is 1. The van der Waals surface area contributed by atoms with Crippen LogP contribution in [-0.4, -0.2) is 0 Å². The predicted molar refractivity (Wildman–Crippen MR) is 172 cm³/mol. The third-order valence-corrected chi connectivity index (χ3v) is 7.63. The molecule has 0 aliphatic carbocycles. The number of rotatable bonds is 5. The van der Waals surface area contributed by atoms with E-state index >= 15 is 0 Å². The molecule has 0 unspecified atom stereocenters. The molecule has 0 fully saturated rings. The van der Waals surface area contributed by atoms with Crippen LogP contribution in [0.4, 0.5) is 17.1 Å². The van der Waals surface area contributed by atoms with Gasteiger partial charge in [0.25, 0.3) is 0 Å². The van der Waals surface area contributed by atoms with Gasteiger partial charge in [-0.25, -0.2) is 0 Å². The zero-order chi connectivity index (χ0) is 26.9. The summed E-state index contributed by atoms with van der Waals surface area (Å²) in [7, 11) is 0. The van der Waals surface area contributed by atoms with Gasteiger partial charge in [-0.05, 0) is 79.2 Å². The van der Waals surface area contributed by atoms with Crippen LogP contribution in [-0.2, 0) is 0 Å². The summed E-state index contributed by atoms with van der Waals surface area (Å²) in [6, 6.07) is 53.5.